The first-order valence-corrected chi connectivity index (χ1v) is 5.90. The second-order valence-electron chi connectivity index (χ2n) is 4.11. The fraction of sp³-hybridized carbons (Fsp3) is 0.333. The number of hydrogen-bond donors (Lipinski definition) is 0. The Bertz CT molecular complexity index is 666. The number of carbonyl (C=O) groups excluding carboxylic acids is 1. The van der Waals surface area contributed by atoms with Gasteiger partial charge in [-0.05, 0) is 13.0 Å². The van der Waals surface area contributed by atoms with Crippen LogP contribution in [0, 0.1) is 0 Å². The number of pyridine rings is 1. The normalized spacial score (nSPS) is 13.5. The van der Waals surface area contributed by atoms with Gasteiger partial charge in [-0.2, -0.15) is 13.2 Å². The first-order chi connectivity index (χ1) is 9.20. The maximum absolute atomic E-state index is 12.8. The molecule has 8 heteroatoms. The standard InChI is InChI=1S/C12H9ClF3NO3/c1-5(20-6(2)18)9-3-7-8(12(14,15)16)4-19-10(7)11(13)17-9/h3-5H,1-2H3. The van der Waals surface area contributed by atoms with Crippen LogP contribution >= 0.6 is 11.6 Å². The second kappa shape index (κ2) is 4.97. The highest BCUT2D eigenvalue weighted by Crippen LogP contribution is 2.38. The highest BCUT2D eigenvalue weighted by atomic mass is 35.5. The zero-order chi connectivity index (χ0) is 15.1. The van der Waals surface area contributed by atoms with Crippen LogP contribution in [0.3, 0.4) is 0 Å². The number of hydrogen-bond acceptors (Lipinski definition) is 4. The number of esters is 1. The van der Waals surface area contributed by atoms with Crippen molar-refractivity contribution in [2.24, 2.45) is 0 Å². The quantitative estimate of drug-likeness (QED) is 0.618. The van der Waals surface area contributed by atoms with Crippen molar-refractivity contribution in [2.75, 3.05) is 0 Å². The molecule has 2 aromatic heterocycles. The first kappa shape index (κ1) is 14.6. The van der Waals surface area contributed by atoms with Gasteiger partial charge < -0.3 is 9.15 Å². The van der Waals surface area contributed by atoms with Crippen LogP contribution in [0.25, 0.3) is 11.0 Å². The van der Waals surface area contributed by atoms with Gasteiger partial charge in [-0.3, -0.25) is 4.79 Å². The van der Waals surface area contributed by atoms with Crippen molar-refractivity contribution in [3.63, 3.8) is 0 Å². The first-order valence-electron chi connectivity index (χ1n) is 5.52. The molecule has 0 amide bonds. The zero-order valence-corrected chi connectivity index (χ0v) is 11.2. The Labute approximate surface area is 116 Å². The molecule has 2 heterocycles. The number of carbonyl (C=O) groups is 1. The van der Waals surface area contributed by atoms with E-state index in [4.69, 9.17) is 20.8 Å². The van der Waals surface area contributed by atoms with E-state index in [0.29, 0.717) is 6.26 Å². The third-order valence-electron chi connectivity index (χ3n) is 2.60. The molecule has 20 heavy (non-hydrogen) atoms. The molecule has 0 saturated carbocycles. The second-order valence-corrected chi connectivity index (χ2v) is 4.47. The maximum atomic E-state index is 12.8. The number of aromatic nitrogens is 1. The number of ether oxygens (including phenoxy) is 1. The number of halogens is 4. The van der Waals surface area contributed by atoms with Crippen molar-refractivity contribution < 1.29 is 27.1 Å². The van der Waals surface area contributed by atoms with E-state index in [1.54, 1.807) is 0 Å². The van der Waals surface area contributed by atoms with Gasteiger partial charge in [0, 0.05) is 12.3 Å². The number of furan rings is 1. The Kier molecular flexibility index (Phi) is 3.64. The van der Waals surface area contributed by atoms with E-state index in [1.165, 1.54) is 13.8 Å². The van der Waals surface area contributed by atoms with Crippen molar-refractivity contribution in [3.05, 3.63) is 28.7 Å². The van der Waals surface area contributed by atoms with Crippen LogP contribution < -0.4 is 0 Å². The molecule has 1 atom stereocenters. The summed E-state index contributed by atoms with van der Waals surface area (Å²) in [5.41, 5.74) is -0.990. The average molecular weight is 308 g/mol. The van der Waals surface area contributed by atoms with Crippen molar-refractivity contribution in [2.45, 2.75) is 26.1 Å². The molecule has 0 aliphatic carbocycles. The topological polar surface area (TPSA) is 52.3 Å². The summed E-state index contributed by atoms with van der Waals surface area (Å²) in [6.07, 6.45) is -4.80. The monoisotopic (exact) mass is 307 g/mol. The molecule has 0 N–H and O–H groups in total. The van der Waals surface area contributed by atoms with Gasteiger partial charge >= 0.3 is 12.1 Å². The molecule has 0 aromatic carbocycles. The van der Waals surface area contributed by atoms with Crippen LogP contribution in [-0.4, -0.2) is 11.0 Å². The Morgan fingerprint density at radius 1 is 1.50 bits per heavy atom. The molecule has 0 radical (unpaired) electrons. The summed E-state index contributed by atoms with van der Waals surface area (Å²) in [6, 6.07) is 1.15. The van der Waals surface area contributed by atoms with E-state index in [-0.39, 0.29) is 21.8 Å². The lowest BCUT2D eigenvalue weighted by atomic mass is 10.1. The van der Waals surface area contributed by atoms with Crippen LogP contribution in [0.1, 0.15) is 31.2 Å². The Morgan fingerprint density at radius 2 is 2.15 bits per heavy atom. The number of rotatable bonds is 2. The summed E-state index contributed by atoms with van der Waals surface area (Å²) >= 11 is 5.79. The predicted molar refractivity (Wildman–Crippen MR) is 64.2 cm³/mol. The van der Waals surface area contributed by atoms with E-state index in [1.807, 2.05) is 0 Å². The largest absolute Gasteiger partial charge is 0.460 e. The average Bonchev–Trinajstić information content (AvgIpc) is 2.71. The summed E-state index contributed by atoms with van der Waals surface area (Å²) < 4.78 is 48.1. The minimum Gasteiger partial charge on any atom is -0.460 e. The lowest BCUT2D eigenvalue weighted by molar-refractivity contribution is -0.146. The minimum absolute atomic E-state index is 0.115. The molecule has 0 saturated heterocycles. The predicted octanol–water partition coefficient (Wildman–Crippen LogP) is 4.12. The van der Waals surface area contributed by atoms with Gasteiger partial charge in [0.05, 0.1) is 5.69 Å². The van der Waals surface area contributed by atoms with E-state index in [0.717, 1.165) is 6.07 Å². The molecule has 0 aliphatic heterocycles. The molecular formula is C12H9ClF3NO3. The van der Waals surface area contributed by atoms with Gasteiger partial charge in [0.1, 0.15) is 17.9 Å². The van der Waals surface area contributed by atoms with Gasteiger partial charge in [-0.1, -0.05) is 11.6 Å². The van der Waals surface area contributed by atoms with Gasteiger partial charge in [0.15, 0.2) is 10.7 Å². The molecule has 2 aromatic rings. The Morgan fingerprint density at radius 3 is 2.70 bits per heavy atom. The molecular weight excluding hydrogens is 299 g/mol. The van der Waals surface area contributed by atoms with Crippen LogP contribution in [0.4, 0.5) is 13.2 Å². The number of alkyl halides is 3. The lowest BCUT2D eigenvalue weighted by Gasteiger charge is -2.12. The molecule has 1 unspecified atom stereocenters. The SMILES string of the molecule is CC(=O)OC(C)c1cc2c(C(F)(F)F)coc2c(Cl)n1. The van der Waals surface area contributed by atoms with E-state index in [9.17, 15) is 18.0 Å². The van der Waals surface area contributed by atoms with Gasteiger partial charge in [-0.25, -0.2) is 4.98 Å². The highest BCUT2D eigenvalue weighted by molar-refractivity contribution is 6.33. The van der Waals surface area contributed by atoms with Gasteiger partial charge in [0.25, 0.3) is 0 Å². The zero-order valence-electron chi connectivity index (χ0n) is 10.4. The van der Waals surface area contributed by atoms with Gasteiger partial charge in [0.2, 0.25) is 0 Å². The fourth-order valence-electron chi connectivity index (χ4n) is 1.75. The summed E-state index contributed by atoms with van der Waals surface area (Å²) in [4.78, 5) is 14.7. The number of nitrogens with zero attached hydrogens (tertiary/aromatic N) is 1. The van der Waals surface area contributed by atoms with Crippen LogP contribution in [-0.2, 0) is 15.7 Å². The molecule has 0 spiro atoms. The molecule has 0 bridgehead atoms. The fourth-order valence-corrected chi connectivity index (χ4v) is 2.00. The lowest BCUT2D eigenvalue weighted by Crippen LogP contribution is -2.08. The van der Waals surface area contributed by atoms with Crippen LogP contribution in [0.2, 0.25) is 5.15 Å². The Hall–Kier alpha value is -1.76. The Balaban J connectivity index is 2.57. The van der Waals surface area contributed by atoms with Crippen molar-refractivity contribution in [3.8, 4) is 0 Å². The number of fused-ring (bicyclic) bond motifs is 1. The van der Waals surface area contributed by atoms with E-state index in [2.05, 4.69) is 4.98 Å². The highest BCUT2D eigenvalue weighted by Gasteiger charge is 2.35. The third kappa shape index (κ3) is 2.72. The molecule has 4 nitrogen and oxygen atoms in total. The third-order valence-corrected chi connectivity index (χ3v) is 2.86. The smallest absolute Gasteiger partial charge is 0.420 e. The molecule has 108 valence electrons. The van der Waals surface area contributed by atoms with E-state index < -0.39 is 23.8 Å². The molecule has 0 fully saturated rings. The molecule has 2 rings (SSSR count). The van der Waals surface area contributed by atoms with Crippen molar-refractivity contribution in [1.29, 1.82) is 0 Å². The minimum atomic E-state index is -4.57. The maximum Gasteiger partial charge on any atom is 0.420 e. The summed E-state index contributed by atoms with van der Waals surface area (Å²) in [6.45, 7) is 2.68. The van der Waals surface area contributed by atoms with Crippen LogP contribution in [0.5, 0.6) is 0 Å². The van der Waals surface area contributed by atoms with E-state index >= 15 is 0 Å². The van der Waals surface area contributed by atoms with Crippen LogP contribution in [0.15, 0.2) is 16.7 Å². The van der Waals surface area contributed by atoms with Gasteiger partial charge in [-0.15, -0.1) is 0 Å². The van der Waals surface area contributed by atoms with Crippen molar-refractivity contribution >= 4 is 28.5 Å². The summed E-state index contributed by atoms with van der Waals surface area (Å²) in [5, 5.41) is -0.432. The molecule has 0 aliphatic rings. The summed E-state index contributed by atoms with van der Waals surface area (Å²) in [5.74, 6) is -0.571. The van der Waals surface area contributed by atoms with Crippen molar-refractivity contribution in [1.82, 2.24) is 4.98 Å². The summed E-state index contributed by atoms with van der Waals surface area (Å²) in [7, 11) is 0.